The molecule has 0 saturated heterocycles. The Morgan fingerprint density at radius 3 is 2.33 bits per heavy atom. The minimum absolute atomic E-state index is 0.0362. The van der Waals surface area contributed by atoms with Crippen molar-refractivity contribution in [3.8, 4) is 5.75 Å². The van der Waals surface area contributed by atoms with E-state index in [1.807, 2.05) is 60.7 Å². The third kappa shape index (κ3) is 5.12. The number of aromatic hydroxyl groups is 1. The number of carbonyl (C=O) groups is 2. The Morgan fingerprint density at radius 1 is 1.03 bits per heavy atom. The summed E-state index contributed by atoms with van der Waals surface area (Å²) in [6.45, 7) is 0.111. The van der Waals surface area contributed by atoms with E-state index in [4.69, 9.17) is 18.9 Å². The summed E-state index contributed by atoms with van der Waals surface area (Å²) in [6.07, 6.45) is -0.337. The van der Waals surface area contributed by atoms with Gasteiger partial charge in [-0.2, -0.15) is 0 Å². The summed E-state index contributed by atoms with van der Waals surface area (Å²) in [7, 11) is 4.33. The summed E-state index contributed by atoms with van der Waals surface area (Å²) in [5, 5.41) is 12.1. The van der Waals surface area contributed by atoms with Gasteiger partial charge < -0.3 is 0 Å². The molecule has 10 heteroatoms. The molecule has 1 aliphatic heterocycles. The Bertz CT molecular complexity index is 1500. The number of methoxy groups -OCH3 is 3. The molecule has 39 heavy (non-hydrogen) atoms. The zero-order valence-electron chi connectivity index (χ0n) is 21.7. The second-order valence-corrected chi connectivity index (χ2v) is 11.3. The van der Waals surface area contributed by atoms with Gasteiger partial charge in [-0.25, -0.2) is 0 Å². The van der Waals surface area contributed by atoms with Gasteiger partial charge in [0.2, 0.25) is 0 Å². The molecule has 1 amide bonds. The molecule has 0 spiro atoms. The van der Waals surface area contributed by atoms with Crippen LogP contribution in [0.4, 0.5) is 10.5 Å². The average Bonchev–Trinajstić information content (AvgIpc) is 3.44. The average molecular weight is 596 g/mol. The molecule has 1 aliphatic rings. The summed E-state index contributed by atoms with van der Waals surface area (Å²) in [5.74, 6) is -1.79. The number of esters is 1. The minimum atomic E-state index is -1.18. The molecule has 2 N–H and O–H groups in total. The number of anilines is 1. The van der Waals surface area contributed by atoms with Gasteiger partial charge in [-0.15, -0.1) is 0 Å². The van der Waals surface area contributed by atoms with E-state index in [9.17, 15) is 14.7 Å². The number of phenols is 1. The standard InChI is InChI=1S/C29H28N2O7Se/c1-35-27(33)22-14-20-21-15-29(36-2,37-3)17-31(28(34)38-16-18-10-6-4-7-11-18)24(21)26(25(32)23(20)30-22)39-19-12-8-5-9-13-19/h4-14,30,32H,15-17H2,1-3H3. The number of H-pyrrole nitrogens is 1. The Hall–Kier alpha value is -3.82. The number of aromatic nitrogens is 1. The Labute approximate surface area is 231 Å². The molecule has 0 radical (unpaired) electrons. The van der Waals surface area contributed by atoms with Crippen LogP contribution in [0.3, 0.4) is 0 Å². The number of phenolic OH excluding ortho intramolecular Hbond substituents is 1. The van der Waals surface area contributed by atoms with E-state index >= 15 is 0 Å². The molecule has 9 nitrogen and oxygen atoms in total. The molecule has 5 rings (SSSR count). The van der Waals surface area contributed by atoms with E-state index in [1.165, 1.54) is 26.2 Å². The van der Waals surface area contributed by atoms with E-state index in [-0.39, 0.29) is 31.0 Å². The second-order valence-electron chi connectivity index (χ2n) is 9.01. The van der Waals surface area contributed by atoms with Crippen molar-refractivity contribution < 1.29 is 33.6 Å². The summed E-state index contributed by atoms with van der Waals surface area (Å²) in [5.41, 5.74) is 2.62. The van der Waals surface area contributed by atoms with Crippen molar-refractivity contribution in [3.05, 3.63) is 83.6 Å². The summed E-state index contributed by atoms with van der Waals surface area (Å²) >= 11 is -0.405. The van der Waals surface area contributed by atoms with Crippen LogP contribution in [0, 0.1) is 0 Å². The van der Waals surface area contributed by atoms with Crippen LogP contribution in [0.25, 0.3) is 10.9 Å². The second kappa shape index (κ2) is 11.1. The number of amides is 1. The van der Waals surface area contributed by atoms with Gasteiger partial charge in [-0.1, -0.05) is 0 Å². The van der Waals surface area contributed by atoms with Crippen LogP contribution in [0.15, 0.2) is 66.7 Å². The first-order valence-corrected chi connectivity index (χ1v) is 13.9. The Morgan fingerprint density at radius 2 is 1.69 bits per heavy atom. The van der Waals surface area contributed by atoms with Gasteiger partial charge in [0.25, 0.3) is 0 Å². The van der Waals surface area contributed by atoms with Crippen LogP contribution in [0.5, 0.6) is 5.75 Å². The molecule has 0 unspecified atom stereocenters. The number of ether oxygens (including phenoxy) is 4. The van der Waals surface area contributed by atoms with Crippen molar-refractivity contribution >= 4 is 52.5 Å². The Kier molecular flexibility index (Phi) is 7.63. The van der Waals surface area contributed by atoms with Gasteiger partial charge in [0.1, 0.15) is 0 Å². The zero-order chi connectivity index (χ0) is 27.6. The van der Waals surface area contributed by atoms with Gasteiger partial charge in [-0.05, 0) is 0 Å². The van der Waals surface area contributed by atoms with Crippen LogP contribution in [-0.4, -0.2) is 70.8 Å². The van der Waals surface area contributed by atoms with Crippen LogP contribution in [0.2, 0.25) is 0 Å². The molecule has 1 aromatic heterocycles. The summed E-state index contributed by atoms with van der Waals surface area (Å²) in [6, 6.07) is 20.7. The SMILES string of the molecule is COC(=O)c1cc2c3c(c([Se]c4ccccc4)c(O)c2[nH]1)N(C(=O)OCc1ccccc1)CC(OC)(OC)C3. The first-order valence-electron chi connectivity index (χ1n) is 12.2. The number of fused-ring (bicyclic) bond motifs is 3. The predicted molar refractivity (Wildman–Crippen MR) is 147 cm³/mol. The van der Waals surface area contributed by atoms with E-state index < -0.39 is 32.8 Å². The number of aromatic amines is 1. The van der Waals surface area contributed by atoms with E-state index in [1.54, 1.807) is 6.07 Å². The van der Waals surface area contributed by atoms with Crippen molar-refractivity contribution in [2.75, 3.05) is 32.8 Å². The number of hydrogen-bond acceptors (Lipinski definition) is 7. The molecule has 0 fully saturated rings. The topological polar surface area (TPSA) is 110 Å². The Balaban J connectivity index is 1.70. The van der Waals surface area contributed by atoms with Crippen LogP contribution in [-0.2, 0) is 32.0 Å². The molecule has 0 bridgehead atoms. The molecule has 2 heterocycles. The van der Waals surface area contributed by atoms with Crippen molar-refractivity contribution in [2.45, 2.75) is 18.8 Å². The van der Waals surface area contributed by atoms with E-state index in [0.29, 0.717) is 26.6 Å². The maximum atomic E-state index is 13.7. The van der Waals surface area contributed by atoms with Crippen molar-refractivity contribution in [3.63, 3.8) is 0 Å². The van der Waals surface area contributed by atoms with Gasteiger partial charge in [0, 0.05) is 0 Å². The van der Waals surface area contributed by atoms with Gasteiger partial charge >= 0.3 is 232 Å². The third-order valence-corrected chi connectivity index (χ3v) is 9.05. The van der Waals surface area contributed by atoms with Crippen molar-refractivity contribution in [1.82, 2.24) is 4.98 Å². The molecule has 202 valence electrons. The maximum absolute atomic E-state index is 13.7. The molecule has 0 atom stereocenters. The van der Waals surface area contributed by atoms with Crippen molar-refractivity contribution in [1.29, 1.82) is 0 Å². The number of hydrogen-bond donors (Lipinski definition) is 2. The summed E-state index contributed by atoms with van der Waals surface area (Å²) in [4.78, 5) is 30.6. The monoisotopic (exact) mass is 596 g/mol. The number of nitrogens with one attached hydrogen (secondary N) is 1. The normalized spacial score (nSPS) is 14.2. The van der Waals surface area contributed by atoms with E-state index in [0.717, 1.165) is 10.0 Å². The first-order chi connectivity index (χ1) is 18.9. The van der Waals surface area contributed by atoms with Gasteiger partial charge in [0.15, 0.2) is 0 Å². The fourth-order valence-electron chi connectivity index (χ4n) is 4.71. The molecular formula is C29H28N2O7Se. The first kappa shape index (κ1) is 26.8. The zero-order valence-corrected chi connectivity index (χ0v) is 23.4. The van der Waals surface area contributed by atoms with Gasteiger partial charge in [-0.3, -0.25) is 0 Å². The van der Waals surface area contributed by atoms with Crippen molar-refractivity contribution in [2.24, 2.45) is 0 Å². The van der Waals surface area contributed by atoms with Gasteiger partial charge in [0.05, 0.1) is 0 Å². The molecule has 3 aromatic carbocycles. The number of carbonyl (C=O) groups excluding carboxylic acids is 2. The molecule has 0 aliphatic carbocycles. The third-order valence-electron chi connectivity index (χ3n) is 6.75. The molecular weight excluding hydrogens is 567 g/mol. The van der Waals surface area contributed by atoms with E-state index in [2.05, 4.69) is 4.98 Å². The fourth-order valence-corrected chi connectivity index (χ4v) is 6.93. The predicted octanol–water partition coefficient (Wildman–Crippen LogP) is 3.00. The summed E-state index contributed by atoms with van der Waals surface area (Å²) < 4.78 is 23.8. The molecule has 0 saturated carbocycles. The van der Waals surface area contributed by atoms with Crippen LogP contribution < -0.4 is 13.8 Å². The number of rotatable bonds is 7. The number of benzene rings is 3. The molecule has 4 aromatic rings. The fraction of sp³-hybridized carbons (Fsp3) is 0.241. The number of nitrogens with zero attached hydrogens (tertiary/aromatic N) is 1. The quantitative estimate of drug-likeness (QED) is 0.192. The van der Waals surface area contributed by atoms with Crippen LogP contribution in [0.1, 0.15) is 21.6 Å². The van der Waals surface area contributed by atoms with Crippen LogP contribution >= 0.6 is 0 Å².